The van der Waals surface area contributed by atoms with Crippen molar-refractivity contribution in [1.82, 2.24) is 9.80 Å². The molecule has 0 aliphatic heterocycles. The smallest absolute Gasteiger partial charge is 0.417 e. The van der Waals surface area contributed by atoms with Crippen LogP contribution in [0.15, 0.2) is 36.4 Å². The average molecular weight is 630 g/mol. The molecule has 3 aliphatic carbocycles. The fraction of sp³-hybridized carbons (Fsp3) is 0.469. The van der Waals surface area contributed by atoms with Crippen LogP contribution in [0.5, 0.6) is 5.75 Å². The van der Waals surface area contributed by atoms with Crippen molar-refractivity contribution >= 4 is 29.0 Å². The maximum absolute atomic E-state index is 14.8. The molecule has 1 amide bonds. The summed E-state index contributed by atoms with van der Waals surface area (Å²) in [6, 6.07) is 8.65. The van der Waals surface area contributed by atoms with Gasteiger partial charge in [0.05, 0.1) is 23.1 Å². The Hall–Kier alpha value is -3.94. The number of likely N-dealkylation sites (N-methyl/N-ethyl adjacent to an activating group) is 1. The number of ketones is 4. The van der Waals surface area contributed by atoms with Crippen molar-refractivity contribution in [2.45, 2.75) is 50.7 Å². The highest BCUT2D eigenvalue weighted by Gasteiger charge is 2.69. The Kier molecular flexibility index (Phi) is 8.26. The Labute approximate surface area is 257 Å². The highest BCUT2D eigenvalue weighted by atomic mass is 19.4. The molecule has 13 heteroatoms. The van der Waals surface area contributed by atoms with Crippen LogP contribution in [0.2, 0.25) is 0 Å². The number of carbonyl (C=O) groups is 5. The number of halogens is 3. The highest BCUT2D eigenvalue weighted by Crippen LogP contribution is 2.52. The summed E-state index contributed by atoms with van der Waals surface area (Å²) in [5.41, 5.74) is 0.716. The van der Waals surface area contributed by atoms with Crippen LogP contribution in [-0.2, 0) is 44.9 Å². The Balaban J connectivity index is 1.61. The summed E-state index contributed by atoms with van der Waals surface area (Å²) in [6.07, 6.45) is -5.77. The normalized spacial score (nSPS) is 28.2. The van der Waals surface area contributed by atoms with E-state index in [-0.39, 0.29) is 18.5 Å². The zero-order valence-corrected chi connectivity index (χ0v) is 24.9. The van der Waals surface area contributed by atoms with E-state index in [1.54, 1.807) is 11.8 Å². The van der Waals surface area contributed by atoms with Crippen molar-refractivity contribution in [3.8, 4) is 5.75 Å². The van der Waals surface area contributed by atoms with Gasteiger partial charge in [-0.3, -0.25) is 33.8 Å². The Morgan fingerprint density at radius 2 is 1.71 bits per heavy atom. The largest absolute Gasteiger partial charge is 0.507 e. The van der Waals surface area contributed by atoms with Crippen molar-refractivity contribution < 1.29 is 47.4 Å². The fourth-order valence-electron chi connectivity index (χ4n) is 7.58. The first-order chi connectivity index (χ1) is 21.0. The molecule has 2 aromatic rings. The zero-order chi connectivity index (χ0) is 33.2. The van der Waals surface area contributed by atoms with Crippen LogP contribution in [0.4, 0.5) is 13.2 Å². The average Bonchev–Trinajstić information content (AvgIpc) is 2.94. The SMILES string of the molecule is CCN(Cc1ccccc1)Cc1cc(O)c2c(c1C(F)(F)F)C[C@H]1C[C@H]3[C@H](N(C)C)C(=O)C(C(N)=O)C(=O)[C@@]3(O)C(=O)C1C2=O. The number of rotatable bonds is 7. The van der Waals surface area contributed by atoms with Crippen molar-refractivity contribution in [2.24, 2.45) is 29.4 Å². The lowest BCUT2D eigenvalue weighted by molar-refractivity contribution is -0.181. The quantitative estimate of drug-likeness (QED) is 0.389. The number of nitrogens with two attached hydrogens (primary N) is 1. The molecule has 10 nitrogen and oxygen atoms in total. The van der Waals surface area contributed by atoms with Crippen molar-refractivity contribution in [3.05, 3.63) is 64.2 Å². The number of carbonyl (C=O) groups excluding carboxylic acids is 5. The van der Waals surface area contributed by atoms with Gasteiger partial charge in [0.25, 0.3) is 0 Å². The molecule has 45 heavy (non-hydrogen) atoms. The number of primary amides is 1. The molecule has 3 aliphatic rings. The predicted molar refractivity (Wildman–Crippen MR) is 153 cm³/mol. The number of Topliss-reactive ketones (excluding diaryl/α,β-unsaturated/α-hetero) is 4. The summed E-state index contributed by atoms with van der Waals surface area (Å²) in [5, 5.41) is 22.7. The minimum Gasteiger partial charge on any atom is -0.507 e. The van der Waals surface area contributed by atoms with Crippen molar-refractivity contribution in [2.75, 3.05) is 20.6 Å². The summed E-state index contributed by atoms with van der Waals surface area (Å²) in [5.74, 6) is -13.5. The van der Waals surface area contributed by atoms with E-state index in [1.165, 1.54) is 19.0 Å². The first-order valence-corrected chi connectivity index (χ1v) is 14.6. The van der Waals surface area contributed by atoms with E-state index in [2.05, 4.69) is 0 Å². The molecule has 0 saturated heterocycles. The molecule has 6 atom stereocenters. The van der Waals surface area contributed by atoms with Gasteiger partial charge in [0.2, 0.25) is 5.91 Å². The van der Waals surface area contributed by atoms with Crippen LogP contribution < -0.4 is 5.73 Å². The lowest BCUT2D eigenvalue weighted by Gasteiger charge is -2.52. The number of phenols is 1. The summed E-state index contributed by atoms with van der Waals surface area (Å²) < 4.78 is 44.5. The molecular weight excluding hydrogens is 595 g/mol. The second kappa shape index (κ2) is 11.5. The van der Waals surface area contributed by atoms with Gasteiger partial charge in [0.15, 0.2) is 34.7 Å². The molecule has 2 aromatic carbocycles. The van der Waals surface area contributed by atoms with Gasteiger partial charge in [-0.2, -0.15) is 13.2 Å². The molecule has 240 valence electrons. The molecule has 4 N–H and O–H groups in total. The Bertz CT molecular complexity index is 1590. The predicted octanol–water partition coefficient (Wildman–Crippen LogP) is 1.91. The second-order valence-electron chi connectivity index (χ2n) is 12.4. The van der Waals surface area contributed by atoms with Gasteiger partial charge >= 0.3 is 6.18 Å². The molecule has 2 fully saturated rings. The summed E-state index contributed by atoms with van der Waals surface area (Å²) in [4.78, 5) is 69.6. The van der Waals surface area contributed by atoms with Crippen LogP contribution in [0.3, 0.4) is 0 Å². The van der Waals surface area contributed by atoms with E-state index in [0.29, 0.717) is 13.1 Å². The molecule has 0 heterocycles. The Morgan fingerprint density at radius 3 is 2.27 bits per heavy atom. The number of alkyl halides is 3. The molecule has 0 radical (unpaired) electrons. The lowest BCUT2D eigenvalue weighted by Crippen LogP contribution is -2.74. The number of aromatic hydroxyl groups is 1. The van der Waals surface area contributed by atoms with Crippen LogP contribution >= 0.6 is 0 Å². The molecule has 2 unspecified atom stereocenters. The maximum Gasteiger partial charge on any atom is 0.417 e. The fourth-order valence-corrected chi connectivity index (χ4v) is 7.58. The van der Waals surface area contributed by atoms with Crippen LogP contribution in [0, 0.1) is 23.7 Å². The number of amides is 1. The molecular formula is C32H34F3N3O7. The first-order valence-electron chi connectivity index (χ1n) is 14.6. The second-order valence-corrected chi connectivity index (χ2v) is 12.4. The molecule has 5 rings (SSSR count). The van der Waals surface area contributed by atoms with E-state index in [4.69, 9.17) is 5.73 Å². The lowest BCUT2D eigenvalue weighted by atomic mass is 9.52. The van der Waals surface area contributed by atoms with Crippen LogP contribution in [0.1, 0.15) is 46.0 Å². The molecule has 2 saturated carbocycles. The van der Waals surface area contributed by atoms with E-state index in [0.717, 1.165) is 11.6 Å². The van der Waals surface area contributed by atoms with Gasteiger partial charge < -0.3 is 15.9 Å². The monoisotopic (exact) mass is 629 g/mol. The third-order valence-corrected chi connectivity index (χ3v) is 9.52. The van der Waals surface area contributed by atoms with Gasteiger partial charge in [0.1, 0.15) is 5.75 Å². The number of benzene rings is 2. The number of fused-ring (bicyclic) bond motifs is 3. The van der Waals surface area contributed by atoms with Gasteiger partial charge in [-0.05, 0) is 62.2 Å². The summed E-state index contributed by atoms with van der Waals surface area (Å²) in [7, 11) is 2.85. The number of hydrogen-bond acceptors (Lipinski definition) is 9. The first kappa shape index (κ1) is 32.5. The summed E-state index contributed by atoms with van der Waals surface area (Å²) >= 11 is 0. The van der Waals surface area contributed by atoms with E-state index < -0.39 is 99.4 Å². The minimum atomic E-state index is -4.94. The number of aliphatic hydroxyl groups is 1. The topological polar surface area (TPSA) is 158 Å². The third-order valence-electron chi connectivity index (χ3n) is 9.52. The van der Waals surface area contributed by atoms with Crippen molar-refractivity contribution in [3.63, 3.8) is 0 Å². The van der Waals surface area contributed by atoms with E-state index in [9.17, 15) is 47.4 Å². The molecule has 0 spiro atoms. The van der Waals surface area contributed by atoms with Crippen LogP contribution in [0.25, 0.3) is 0 Å². The van der Waals surface area contributed by atoms with Gasteiger partial charge in [-0.15, -0.1) is 0 Å². The number of hydrogen-bond donors (Lipinski definition) is 3. The van der Waals surface area contributed by atoms with Crippen molar-refractivity contribution in [1.29, 1.82) is 0 Å². The molecule has 0 aromatic heterocycles. The number of nitrogens with zero attached hydrogens (tertiary/aromatic N) is 2. The van der Waals surface area contributed by atoms with Gasteiger partial charge in [0, 0.05) is 19.0 Å². The third kappa shape index (κ3) is 5.16. The van der Waals surface area contributed by atoms with E-state index in [1.807, 2.05) is 30.3 Å². The summed E-state index contributed by atoms with van der Waals surface area (Å²) in [6.45, 7) is 2.28. The van der Waals surface area contributed by atoms with Crippen LogP contribution in [-0.4, -0.2) is 81.3 Å². The highest BCUT2D eigenvalue weighted by molar-refractivity contribution is 6.32. The van der Waals surface area contributed by atoms with E-state index >= 15 is 0 Å². The molecule has 0 bridgehead atoms. The Morgan fingerprint density at radius 1 is 1.07 bits per heavy atom. The maximum atomic E-state index is 14.8. The standard InChI is InChI=1S/C32H34F3N3O7/c1-4-38(13-15-8-6-5-7-9-15)14-17-12-20(39)22-18(24(17)32(33,34)35)10-16-11-19-25(37(2)3)27(41)23(30(36)44)29(43)31(19,45)28(42)21(16)26(22)40/h5-9,12,16,19,21,23,25,39,45H,4,10-11,13-14H2,1-3H3,(H2,36,44)/t16-,19-,21?,23?,25-,31-/m0/s1. The minimum absolute atomic E-state index is 0.203. The van der Waals surface area contributed by atoms with Gasteiger partial charge in [-0.1, -0.05) is 37.3 Å². The zero-order valence-electron chi connectivity index (χ0n) is 24.9. The number of phenolic OH excluding ortho intramolecular Hbond substituents is 1. The van der Waals surface area contributed by atoms with Gasteiger partial charge in [-0.25, -0.2) is 0 Å².